The highest BCUT2D eigenvalue weighted by Crippen LogP contribution is 2.46. The van der Waals surface area contributed by atoms with E-state index in [1.165, 1.54) is 4.68 Å². The Morgan fingerprint density at radius 2 is 1.47 bits per heavy atom. The number of H-pyrrole nitrogens is 1. The maximum absolute atomic E-state index is 12.8. The predicted octanol–water partition coefficient (Wildman–Crippen LogP) is 2.25. The van der Waals surface area contributed by atoms with Crippen LogP contribution in [0.25, 0.3) is 0 Å². The highest BCUT2D eigenvalue weighted by molar-refractivity contribution is 5.41. The number of fused-ring (bicyclic) bond motifs is 1. The fourth-order valence-electron chi connectivity index (χ4n) is 3.57. The first-order valence-electron chi connectivity index (χ1n) is 6.79. The molecule has 1 heterocycles. The third kappa shape index (κ3) is 1.97. The van der Waals surface area contributed by atoms with Crippen molar-refractivity contribution >= 4 is 0 Å². The molecule has 0 amide bonds. The van der Waals surface area contributed by atoms with Crippen molar-refractivity contribution < 1.29 is 0 Å². The summed E-state index contributed by atoms with van der Waals surface area (Å²) in [5, 5.41) is 2.76. The summed E-state index contributed by atoms with van der Waals surface area (Å²) >= 11 is 0. The minimum Gasteiger partial charge on any atom is -0.268 e. The molecule has 0 bridgehead atoms. The first kappa shape index (κ1) is 14.1. The van der Waals surface area contributed by atoms with E-state index in [4.69, 9.17) is 0 Å². The Kier molecular flexibility index (Phi) is 2.68. The van der Waals surface area contributed by atoms with Crippen LogP contribution in [0.4, 0.5) is 0 Å². The van der Waals surface area contributed by atoms with Gasteiger partial charge in [-0.1, -0.05) is 27.7 Å². The van der Waals surface area contributed by atoms with Crippen LogP contribution < -0.4 is 11.1 Å². The summed E-state index contributed by atoms with van der Waals surface area (Å²) < 4.78 is 1.47. The Labute approximate surface area is 113 Å². The second-order valence-corrected chi connectivity index (χ2v) is 7.95. The van der Waals surface area contributed by atoms with Gasteiger partial charge in [0.25, 0.3) is 11.1 Å². The molecule has 1 aromatic heterocycles. The summed E-state index contributed by atoms with van der Waals surface area (Å²) in [6, 6.07) is 0. The highest BCUT2D eigenvalue weighted by atomic mass is 16.2. The molecule has 0 aliphatic heterocycles. The zero-order chi connectivity index (χ0) is 14.8. The van der Waals surface area contributed by atoms with Crippen LogP contribution in [0.2, 0.25) is 0 Å². The van der Waals surface area contributed by atoms with Crippen LogP contribution in [0.3, 0.4) is 0 Å². The van der Waals surface area contributed by atoms with Gasteiger partial charge in [-0.3, -0.25) is 14.7 Å². The summed E-state index contributed by atoms with van der Waals surface area (Å²) in [6.07, 6.45) is 0.821. The van der Waals surface area contributed by atoms with Crippen molar-refractivity contribution in [3.63, 3.8) is 0 Å². The zero-order valence-electron chi connectivity index (χ0n) is 13.0. The molecule has 19 heavy (non-hydrogen) atoms. The van der Waals surface area contributed by atoms with Gasteiger partial charge in [-0.05, 0) is 38.0 Å². The Hall–Kier alpha value is -1.32. The van der Waals surface area contributed by atoms with E-state index in [1.807, 2.05) is 34.6 Å². The Morgan fingerprint density at radius 3 is 1.95 bits per heavy atom. The number of aromatic nitrogens is 2. The quantitative estimate of drug-likeness (QED) is 0.781. The number of hydrogen-bond acceptors (Lipinski definition) is 2. The largest absolute Gasteiger partial charge is 0.269 e. The monoisotopic (exact) mass is 264 g/mol. The summed E-state index contributed by atoms with van der Waals surface area (Å²) in [6.45, 7) is 13.9. The maximum atomic E-state index is 12.8. The summed E-state index contributed by atoms with van der Waals surface area (Å²) in [5.41, 5.74) is 0.255. The number of rotatable bonds is 0. The van der Waals surface area contributed by atoms with E-state index in [1.54, 1.807) is 0 Å². The van der Waals surface area contributed by atoms with Crippen molar-refractivity contribution in [1.29, 1.82) is 0 Å². The van der Waals surface area contributed by atoms with Gasteiger partial charge in [0.05, 0.1) is 5.54 Å². The Morgan fingerprint density at radius 1 is 1.00 bits per heavy atom. The maximum Gasteiger partial charge on any atom is 0.269 e. The van der Waals surface area contributed by atoms with Crippen LogP contribution in [-0.2, 0) is 16.4 Å². The predicted molar refractivity (Wildman–Crippen MR) is 77.0 cm³/mol. The number of aromatic amines is 1. The smallest absolute Gasteiger partial charge is 0.268 e. The molecule has 0 unspecified atom stereocenters. The second-order valence-electron chi connectivity index (χ2n) is 7.95. The molecule has 1 N–H and O–H groups in total. The molecule has 0 saturated carbocycles. The summed E-state index contributed by atoms with van der Waals surface area (Å²) in [7, 11) is 0. The fourth-order valence-corrected chi connectivity index (χ4v) is 3.57. The van der Waals surface area contributed by atoms with Gasteiger partial charge < -0.3 is 0 Å². The van der Waals surface area contributed by atoms with E-state index < -0.39 is 5.54 Å². The number of hydrogen-bond donors (Lipinski definition) is 1. The van der Waals surface area contributed by atoms with E-state index >= 15 is 0 Å². The molecular weight excluding hydrogens is 240 g/mol. The molecule has 0 saturated heterocycles. The van der Waals surface area contributed by atoms with Crippen molar-refractivity contribution in [2.75, 3.05) is 0 Å². The normalized spacial score (nSPS) is 20.4. The molecule has 0 fully saturated rings. The van der Waals surface area contributed by atoms with Gasteiger partial charge in [0, 0.05) is 11.1 Å². The second kappa shape index (κ2) is 3.62. The van der Waals surface area contributed by atoms with Gasteiger partial charge in [-0.15, -0.1) is 0 Å². The van der Waals surface area contributed by atoms with E-state index in [9.17, 15) is 9.59 Å². The van der Waals surface area contributed by atoms with Crippen LogP contribution in [0.1, 0.15) is 66.0 Å². The molecule has 2 rings (SSSR count). The molecule has 4 nitrogen and oxygen atoms in total. The fraction of sp³-hybridized carbons (Fsp3) is 0.733. The first-order valence-corrected chi connectivity index (χ1v) is 6.79. The third-order valence-electron chi connectivity index (χ3n) is 4.02. The van der Waals surface area contributed by atoms with Gasteiger partial charge in [-0.25, -0.2) is 4.68 Å². The number of nitrogens with one attached hydrogen (secondary N) is 1. The summed E-state index contributed by atoms with van der Waals surface area (Å²) in [4.78, 5) is 25.2. The average molecular weight is 264 g/mol. The van der Waals surface area contributed by atoms with Crippen molar-refractivity contribution in [3.8, 4) is 0 Å². The molecule has 106 valence electrons. The van der Waals surface area contributed by atoms with E-state index in [0.29, 0.717) is 11.1 Å². The van der Waals surface area contributed by atoms with Crippen molar-refractivity contribution in [2.24, 2.45) is 0 Å². The van der Waals surface area contributed by atoms with E-state index in [-0.39, 0.29) is 21.9 Å². The number of nitrogens with zero attached hydrogens (tertiary/aromatic N) is 1. The van der Waals surface area contributed by atoms with Crippen LogP contribution in [-0.4, -0.2) is 9.78 Å². The van der Waals surface area contributed by atoms with E-state index in [2.05, 4.69) is 18.9 Å². The van der Waals surface area contributed by atoms with Gasteiger partial charge in [-0.2, -0.15) is 0 Å². The van der Waals surface area contributed by atoms with Crippen LogP contribution in [0.5, 0.6) is 0 Å². The minimum absolute atomic E-state index is 0.0577. The molecule has 1 aromatic rings. The molecule has 4 heteroatoms. The van der Waals surface area contributed by atoms with Crippen molar-refractivity contribution in [3.05, 3.63) is 31.8 Å². The third-order valence-corrected chi connectivity index (χ3v) is 4.02. The van der Waals surface area contributed by atoms with Gasteiger partial charge in [0.2, 0.25) is 0 Å². The molecule has 0 atom stereocenters. The summed E-state index contributed by atoms with van der Waals surface area (Å²) in [5.74, 6) is 0. The molecule has 0 aromatic carbocycles. The van der Waals surface area contributed by atoms with Crippen molar-refractivity contribution in [2.45, 2.75) is 71.3 Å². The molecule has 1 aliphatic carbocycles. The molecule has 1 aliphatic rings. The van der Waals surface area contributed by atoms with Crippen LogP contribution >= 0.6 is 0 Å². The standard InChI is InChI=1S/C15H24N2O2/c1-13(2,3)17-12(19)10-9(11(18)16-17)14(4,5)8-15(10,6)7/h8H2,1-7H3,(H,16,18). The first-order chi connectivity index (χ1) is 8.38. The molecule has 0 spiro atoms. The zero-order valence-corrected chi connectivity index (χ0v) is 13.0. The van der Waals surface area contributed by atoms with Crippen LogP contribution in [0, 0.1) is 0 Å². The van der Waals surface area contributed by atoms with Crippen molar-refractivity contribution in [1.82, 2.24) is 9.78 Å². The van der Waals surface area contributed by atoms with Gasteiger partial charge in [0.1, 0.15) is 0 Å². The SMILES string of the molecule is CC1(C)CC(C)(C)c2c1c(=O)[nH]n(C(C)(C)C)c2=O. The Balaban J connectivity index is 2.94. The molecule has 0 radical (unpaired) electrons. The highest BCUT2D eigenvalue weighted by Gasteiger charge is 2.46. The minimum atomic E-state index is -0.423. The van der Waals surface area contributed by atoms with Crippen LogP contribution in [0.15, 0.2) is 9.59 Å². The lowest BCUT2D eigenvalue weighted by molar-refractivity contribution is 0.329. The topological polar surface area (TPSA) is 54.9 Å². The molecular formula is C15H24N2O2. The lowest BCUT2D eigenvalue weighted by atomic mass is 9.82. The lowest BCUT2D eigenvalue weighted by Gasteiger charge is -2.25. The van der Waals surface area contributed by atoms with Gasteiger partial charge >= 0.3 is 0 Å². The average Bonchev–Trinajstić information content (AvgIpc) is 2.35. The van der Waals surface area contributed by atoms with E-state index in [0.717, 1.165) is 6.42 Å². The lowest BCUT2D eigenvalue weighted by Crippen LogP contribution is -2.44. The van der Waals surface area contributed by atoms with Gasteiger partial charge in [0.15, 0.2) is 0 Å². The Bertz CT molecular complexity index is 640.